The van der Waals surface area contributed by atoms with Gasteiger partial charge < -0.3 is 5.73 Å². The van der Waals surface area contributed by atoms with Crippen molar-refractivity contribution in [2.75, 3.05) is 11.1 Å². The summed E-state index contributed by atoms with van der Waals surface area (Å²) in [6.07, 6.45) is 0. The third-order valence-corrected chi connectivity index (χ3v) is 2.42. The standard InChI is InChI=1S/C10H10ClN5O/c1-5-13-10(16-15-5)14-9(17)6-2-3-7(11)8(12)4-6/h2-4H,12H2,1H3,(H2,13,14,15,16,17). The van der Waals surface area contributed by atoms with Gasteiger partial charge in [0, 0.05) is 5.56 Å². The van der Waals surface area contributed by atoms with Gasteiger partial charge in [0.1, 0.15) is 5.82 Å². The number of nitrogens with zero attached hydrogens (tertiary/aromatic N) is 2. The lowest BCUT2D eigenvalue weighted by Crippen LogP contribution is -2.13. The molecule has 0 bridgehead atoms. The van der Waals surface area contributed by atoms with Crippen LogP contribution in [0.4, 0.5) is 11.6 Å². The smallest absolute Gasteiger partial charge is 0.258 e. The lowest BCUT2D eigenvalue weighted by molar-refractivity contribution is 0.102. The Kier molecular flexibility index (Phi) is 2.97. The molecular weight excluding hydrogens is 242 g/mol. The van der Waals surface area contributed by atoms with Gasteiger partial charge in [0.2, 0.25) is 5.95 Å². The van der Waals surface area contributed by atoms with E-state index >= 15 is 0 Å². The zero-order valence-electron chi connectivity index (χ0n) is 8.99. The van der Waals surface area contributed by atoms with Crippen molar-refractivity contribution >= 4 is 29.1 Å². The van der Waals surface area contributed by atoms with Crippen molar-refractivity contribution in [3.63, 3.8) is 0 Å². The van der Waals surface area contributed by atoms with E-state index in [2.05, 4.69) is 20.5 Å². The molecule has 6 nitrogen and oxygen atoms in total. The molecule has 7 heteroatoms. The maximum atomic E-state index is 11.8. The van der Waals surface area contributed by atoms with Crippen LogP contribution in [-0.2, 0) is 0 Å². The number of amides is 1. The molecule has 1 aromatic carbocycles. The van der Waals surface area contributed by atoms with Crippen LogP contribution in [0.1, 0.15) is 16.2 Å². The molecule has 1 heterocycles. The summed E-state index contributed by atoms with van der Waals surface area (Å²) in [7, 11) is 0. The quantitative estimate of drug-likeness (QED) is 0.706. The van der Waals surface area contributed by atoms with Gasteiger partial charge >= 0.3 is 0 Å². The van der Waals surface area contributed by atoms with Crippen molar-refractivity contribution in [2.24, 2.45) is 0 Å². The summed E-state index contributed by atoms with van der Waals surface area (Å²) in [4.78, 5) is 15.7. The third-order valence-electron chi connectivity index (χ3n) is 2.08. The van der Waals surface area contributed by atoms with Gasteiger partial charge in [-0.15, -0.1) is 5.10 Å². The fraction of sp³-hybridized carbons (Fsp3) is 0.100. The number of benzene rings is 1. The minimum absolute atomic E-state index is 0.223. The molecule has 0 radical (unpaired) electrons. The molecule has 0 aliphatic heterocycles. The zero-order valence-corrected chi connectivity index (χ0v) is 9.75. The molecule has 4 N–H and O–H groups in total. The first kappa shape index (κ1) is 11.4. The van der Waals surface area contributed by atoms with Gasteiger partial charge in [0.15, 0.2) is 0 Å². The summed E-state index contributed by atoms with van der Waals surface area (Å²) in [5, 5.41) is 9.37. The second-order valence-corrected chi connectivity index (χ2v) is 3.84. The van der Waals surface area contributed by atoms with E-state index < -0.39 is 0 Å². The summed E-state index contributed by atoms with van der Waals surface area (Å²) in [6.45, 7) is 1.74. The number of aromatic amines is 1. The second-order valence-electron chi connectivity index (χ2n) is 3.43. The molecule has 17 heavy (non-hydrogen) atoms. The molecule has 0 fully saturated rings. The Morgan fingerprint density at radius 3 is 2.88 bits per heavy atom. The van der Waals surface area contributed by atoms with Crippen LogP contribution in [-0.4, -0.2) is 21.1 Å². The van der Waals surface area contributed by atoms with Gasteiger partial charge in [-0.1, -0.05) is 11.6 Å². The van der Waals surface area contributed by atoms with Crippen molar-refractivity contribution in [1.82, 2.24) is 15.2 Å². The van der Waals surface area contributed by atoms with E-state index in [9.17, 15) is 4.79 Å². The number of aromatic nitrogens is 3. The number of aryl methyl sites for hydroxylation is 1. The van der Waals surface area contributed by atoms with Crippen molar-refractivity contribution in [1.29, 1.82) is 0 Å². The number of carbonyl (C=O) groups is 1. The molecule has 88 valence electrons. The Hall–Kier alpha value is -2.08. The molecule has 0 saturated heterocycles. The lowest BCUT2D eigenvalue weighted by Gasteiger charge is -2.03. The van der Waals surface area contributed by atoms with Crippen LogP contribution in [0, 0.1) is 6.92 Å². The van der Waals surface area contributed by atoms with Gasteiger partial charge in [0.05, 0.1) is 10.7 Å². The van der Waals surface area contributed by atoms with Crippen molar-refractivity contribution in [3.8, 4) is 0 Å². The van der Waals surface area contributed by atoms with Crippen LogP contribution < -0.4 is 11.1 Å². The Balaban J connectivity index is 2.17. The van der Waals surface area contributed by atoms with Gasteiger partial charge in [0.25, 0.3) is 5.91 Å². The molecule has 0 aliphatic carbocycles. The topological polar surface area (TPSA) is 96.7 Å². The van der Waals surface area contributed by atoms with E-state index in [4.69, 9.17) is 17.3 Å². The molecule has 2 rings (SSSR count). The van der Waals surface area contributed by atoms with Crippen LogP contribution in [0.15, 0.2) is 18.2 Å². The molecule has 1 amide bonds. The molecule has 0 aliphatic rings. The Bertz CT molecular complexity index is 566. The van der Waals surface area contributed by atoms with Crippen LogP contribution >= 0.6 is 11.6 Å². The molecule has 0 spiro atoms. The Labute approximate surface area is 102 Å². The van der Waals surface area contributed by atoms with Crippen LogP contribution in [0.25, 0.3) is 0 Å². The van der Waals surface area contributed by atoms with E-state index in [1.165, 1.54) is 6.07 Å². The average Bonchev–Trinajstić information content (AvgIpc) is 2.68. The van der Waals surface area contributed by atoms with Crippen LogP contribution in [0.3, 0.4) is 0 Å². The van der Waals surface area contributed by atoms with Crippen LogP contribution in [0.5, 0.6) is 0 Å². The maximum absolute atomic E-state index is 11.8. The summed E-state index contributed by atoms with van der Waals surface area (Å²) < 4.78 is 0. The number of rotatable bonds is 2. The van der Waals surface area contributed by atoms with Gasteiger partial charge in [-0.3, -0.25) is 15.2 Å². The number of nitrogens with one attached hydrogen (secondary N) is 2. The van der Waals surface area contributed by atoms with Crippen molar-refractivity contribution in [2.45, 2.75) is 6.92 Å². The molecular formula is C10H10ClN5O. The van der Waals surface area contributed by atoms with Gasteiger partial charge in [-0.25, -0.2) is 0 Å². The minimum atomic E-state index is -0.340. The molecule has 0 atom stereocenters. The highest BCUT2D eigenvalue weighted by molar-refractivity contribution is 6.33. The number of halogens is 1. The number of H-pyrrole nitrogens is 1. The number of carbonyl (C=O) groups excluding carboxylic acids is 1. The first-order chi connectivity index (χ1) is 8.06. The number of nitrogen functional groups attached to an aromatic ring is 1. The molecule has 1 aromatic heterocycles. The number of hydrogen-bond acceptors (Lipinski definition) is 4. The van der Waals surface area contributed by atoms with E-state index in [0.29, 0.717) is 22.1 Å². The van der Waals surface area contributed by atoms with Crippen LogP contribution in [0.2, 0.25) is 5.02 Å². The SMILES string of the molecule is Cc1nc(NC(=O)c2ccc(Cl)c(N)c2)n[nH]1. The summed E-state index contributed by atoms with van der Waals surface area (Å²) in [6, 6.07) is 4.64. The van der Waals surface area contributed by atoms with E-state index in [0.717, 1.165) is 0 Å². The lowest BCUT2D eigenvalue weighted by atomic mass is 10.2. The fourth-order valence-electron chi connectivity index (χ4n) is 1.26. The highest BCUT2D eigenvalue weighted by atomic mass is 35.5. The highest BCUT2D eigenvalue weighted by Gasteiger charge is 2.10. The third kappa shape index (κ3) is 2.54. The predicted molar refractivity (Wildman–Crippen MR) is 64.9 cm³/mol. The zero-order chi connectivity index (χ0) is 12.4. The number of nitrogens with two attached hydrogens (primary N) is 1. The van der Waals surface area contributed by atoms with Gasteiger partial charge in [-0.2, -0.15) is 4.98 Å². The van der Waals surface area contributed by atoms with Gasteiger partial charge in [-0.05, 0) is 25.1 Å². The normalized spacial score (nSPS) is 10.2. The fourth-order valence-corrected chi connectivity index (χ4v) is 1.37. The van der Waals surface area contributed by atoms with Crippen molar-refractivity contribution < 1.29 is 4.79 Å². The largest absolute Gasteiger partial charge is 0.398 e. The van der Waals surface area contributed by atoms with E-state index in [1.54, 1.807) is 19.1 Å². The summed E-state index contributed by atoms with van der Waals surface area (Å²) in [5.41, 5.74) is 6.36. The average molecular weight is 252 g/mol. The second kappa shape index (κ2) is 4.42. The number of hydrogen-bond donors (Lipinski definition) is 3. The minimum Gasteiger partial charge on any atom is -0.398 e. The first-order valence-corrected chi connectivity index (χ1v) is 5.19. The predicted octanol–water partition coefficient (Wildman–Crippen LogP) is 1.60. The Morgan fingerprint density at radius 1 is 1.53 bits per heavy atom. The molecule has 0 saturated carbocycles. The number of anilines is 2. The summed E-state index contributed by atoms with van der Waals surface area (Å²) >= 11 is 5.76. The van der Waals surface area contributed by atoms with Crippen molar-refractivity contribution in [3.05, 3.63) is 34.6 Å². The maximum Gasteiger partial charge on any atom is 0.258 e. The first-order valence-electron chi connectivity index (χ1n) is 4.81. The molecule has 0 unspecified atom stereocenters. The monoisotopic (exact) mass is 251 g/mol. The summed E-state index contributed by atoms with van der Waals surface area (Å²) in [5.74, 6) is 0.504. The van der Waals surface area contributed by atoms with E-state index in [-0.39, 0.29) is 11.9 Å². The Morgan fingerprint density at radius 2 is 2.29 bits per heavy atom. The highest BCUT2D eigenvalue weighted by Crippen LogP contribution is 2.19. The molecule has 2 aromatic rings. The van der Waals surface area contributed by atoms with E-state index in [1.807, 2.05) is 0 Å².